The van der Waals surface area contributed by atoms with E-state index in [-0.39, 0.29) is 11.9 Å². The monoisotopic (exact) mass is 417 g/mol. The van der Waals surface area contributed by atoms with Crippen LogP contribution in [0.5, 0.6) is 0 Å². The molecule has 1 aliphatic carbocycles. The van der Waals surface area contributed by atoms with Crippen LogP contribution in [0.3, 0.4) is 0 Å². The predicted molar refractivity (Wildman–Crippen MR) is 119 cm³/mol. The van der Waals surface area contributed by atoms with E-state index in [2.05, 4.69) is 17.6 Å². The standard InChI is InChI=1S/C25H27N3O3/c1-3-13-27-21-7-5-4-6-20(21)26-24(27)28-14-12-25(23(28)30)11-10-17-8-9-18(22(29)31-2)15-19(17)16-25/h4-9,15H,3,10-14,16H2,1-2H3/t25-/m1/s1. The number of para-hydroxylation sites is 2. The van der Waals surface area contributed by atoms with Crippen molar-refractivity contribution < 1.29 is 14.3 Å². The van der Waals surface area contributed by atoms with Gasteiger partial charge in [-0.2, -0.15) is 0 Å². The second-order valence-corrected chi connectivity index (χ2v) is 8.69. The SMILES string of the molecule is CCCn1c(N2CC[C@@]3(CCc4ccc(C(=O)OC)cc4C3)C2=O)nc2ccccc21. The number of carbonyl (C=O) groups is 2. The first-order valence-corrected chi connectivity index (χ1v) is 11.0. The molecule has 1 fully saturated rings. The van der Waals surface area contributed by atoms with Crippen LogP contribution < -0.4 is 4.90 Å². The summed E-state index contributed by atoms with van der Waals surface area (Å²) in [6, 6.07) is 13.8. The molecular formula is C25H27N3O3. The van der Waals surface area contributed by atoms with Crippen molar-refractivity contribution in [1.29, 1.82) is 0 Å². The highest BCUT2D eigenvalue weighted by atomic mass is 16.5. The number of anilines is 1. The lowest BCUT2D eigenvalue weighted by Crippen LogP contribution is -2.39. The number of esters is 1. The number of nitrogens with zero attached hydrogens (tertiary/aromatic N) is 3. The van der Waals surface area contributed by atoms with Crippen LogP contribution in [-0.2, 0) is 28.9 Å². The van der Waals surface area contributed by atoms with Gasteiger partial charge in [-0.15, -0.1) is 0 Å². The lowest BCUT2D eigenvalue weighted by atomic mass is 9.70. The summed E-state index contributed by atoms with van der Waals surface area (Å²) < 4.78 is 7.06. The van der Waals surface area contributed by atoms with Gasteiger partial charge in [-0.25, -0.2) is 9.78 Å². The fourth-order valence-corrected chi connectivity index (χ4v) is 5.23. The summed E-state index contributed by atoms with van der Waals surface area (Å²) in [6.07, 6.45) is 4.13. The number of carbonyl (C=O) groups excluding carboxylic acids is 2. The third kappa shape index (κ3) is 3.12. The van der Waals surface area contributed by atoms with Gasteiger partial charge in [0.1, 0.15) is 0 Å². The van der Waals surface area contributed by atoms with Gasteiger partial charge < -0.3 is 9.30 Å². The van der Waals surface area contributed by atoms with Crippen LogP contribution in [0.1, 0.15) is 47.7 Å². The number of imidazole rings is 1. The predicted octanol–water partition coefficient (Wildman–Crippen LogP) is 4.14. The molecule has 1 spiro atoms. The van der Waals surface area contributed by atoms with Gasteiger partial charge in [0.15, 0.2) is 0 Å². The van der Waals surface area contributed by atoms with Crippen molar-refractivity contribution in [3.8, 4) is 0 Å². The summed E-state index contributed by atoms with van der Waals surface area (Å²) >= 11 is 0. The maximum Gasteiger partial charge on any atom is 0.337 e. The first-order chi connectivity index (χ1) is 15.1. The van der Waals surface area contributed by atoms with Gasteiger partial charge in [0.25, 0.3) is 0 Å². The Morgan fingerprint density at radius 1 is 1.16 bits per heavy atom. The molecule has 1 aromatic heterocycles. The van der Waals surface area contributed by atoms with E-state index in [0.717, 1.165) is 54.8 Å². The zero-order valence-corrected chi connectivity index (χ0v) is 18.1. The molecule has 5 rings (SSSR count). The molecule has 160 valence electrons. The second-order valence-electron chi connectivity index (χ2n) is 8.69. The Labute approximate surface area is 181 Å². The second kappa shape index (κ2) is 7.52. The number of benzene rings is 2. The van der Waals surface area contributed by atoms with Gasteiger partial charge in [0.05, 0.1) is 29.1 Å². The largest absolute Gasteiger partial charge is 0.465 e. The van der Waals surface area contributed by atoms with E-state index in [1.165, 1.54) is 12.7 Å². The Bertz CT molecular complexity index is 1180. The van der Waals surface area contributed by atoms with Gasteiger partial charge in [-0.3, -0.25) is 9.69 Å². The van der Waals surface area contributed by atoms with Crippen LogP contribution in [0.15, 0.2) is 42.5 Å². The van der Waals surface area contributed by atoms with Crippen molar-refractivity contribution in [2.75, 3.05) is 18.6 Å². The Hall–Kier alpha value is -3.15. The van der Waals surface area contributed by atoms with Crippen LogP contribution >= 0.6 is 0 Å². The smallest absolute Gasteiger partial charge is 0.337 e. The summed E-state index contributed by atoms with van der Waals surface area (Å²) in [4.78, 5) is 32.5. The van der Waals surface area contributed by atoms with Crippen LogP contribution in [0.25, 0.3) is 11.0 Å². The van der Waals surface area contributed by atoms with E-state index in [0.29, 0.717) is 18.5 Å². The molecule has 0 radical (unpaired) electrons. The van der Waals surface area contributed by atoms with Gasteiger partial charge in [0, 0.05) is 13.1 Å². The molecule has 0 N–H and O–H groups in total. The first-order valence-electron chi connectivity index (χ1n) is 11.0. The molecule has 0 bridgehead atoms. The number of rotatable bonds is 4. The lowest BCUT2D eigenvalue weighted by Gasteiger charge is -2.33. The van der Waals surface area contributed by atoms with Crippen LogP contribution in [0, 0.1) is 5.41 Å². The van der Waals surface area contributed by atoms with Gasteiger partial charge in [-0.05, 0) is 67.5 Å². The molecule has 1 atom stereocenters. The highest BCUT2D eigenvalue weighted by molar-refractivity contribution is 6.00. The minimum atomic E-state index is -0.420. The Kier molecular flexibility index (Phi) is 4.80. The molecule has 31 heavy (non-hydrogen) atoms. The highest BCUT2D eigenvalue weighted by Crippen LogP contribution is 2.45. The zero-order valence-electron chi connectivity index (χ0n) is 18.1. The van der Waals surface area contributed by atoms with E-state index in [1.54, 1.807) is 0 Å². The lowest BCUT2D eigenvalue weighted by molar-refractivity contribution is -0.126. The van der Waals surface area contributed by atoms with Gasteiger partial charge in [-0.1, -0.05) is 25.1 Å². The third-order valence-electron chi connectivity index (χ3n) is 6.86. The van der Waals surface area contributed by atoms with E-state index >= 15 is 0 Å². The number of aromatic nitrogens is 2. The van der Waals surface area contributed by atoms with E-state index in [1.807, 2.05) is 41.3 Å². The van der Waals surface area contributed by atoms with Crippen molar-refractivity contribution in [1.82, 2.24) is 9.55 Å². The average molecular weight is 418 g/mol. The third-order valence-corrected chi connectivity index (χ3v) is 6.86. The van der Waals surface area contributed by atoms with Gasteiger partial charge in [0.2, 0.25) is 11.9 Å². The van der Waals surface area contributed by atoms with Crippen molar-refractivity contribution in [3.05, 3.63) is 59.2 Å². The Morgan fingerprint density at radius 2 is 2.00 bits per heavy atom. The fraction of sp³-hybridized carbons (Fsp3) is 0.400. The van der Waals surface area contributed by atoms with Crippen LogP contribution in [0.4, 0.5) is 5.95 Å². The minimum absolute atomic E-state index is 0.161. The summed E-state index contributed by atoms with van der Waals surface area (Å²) in [7, 11) is 1.39. The number of hydrogen-bond acceptors (Lipinski definition) is 4. The van der Waals surface area contributed by atoms with E-state index < -0.39 is 5.41 Å². The molecule has 2 aliphatic rings. The van der Waals surface area contributed by atoms with Gasteiger partial charge >= 0.3 is 5.97 Å². The quantitative estimate of drug-likeness (QED) is 0.599. The summed E-state index contributed by atoms with van der Waals surface area (Å²) in [5.74, 6) is 0.586. The number of amides is 1. The summed E-state index contributed by atoms with van der Waals surface area (Å²) in [5, 5.41) is 0. The first kappa shape index (κ1) is 19.8. The Balaban J connectivity index is 1.49. The molecule has 1 amide bonds. The maximum atomic E-state index is 13.8. The fourth-order valence-electron chi connectivity index (χ4n) is 5.23. The topological polar surface area (TPSA) is 64.4 Å². The molecule has 3 aromatic rings. The molecular weight excluding hydrogens is 390 g/mol. The molecule has 2 aromatic carbocycles. The molecule has 0 saturated carbocycles. The number of hydrogen-bond donors (Lipinski definition) is 0. The van der Waals surface area contributed by atoms with Crippen molar-refractivity contribution >= 4 is 28.9 Å². The van der Waals surface area contributed by atoms with Crippen LogP contribution in [0.2, 0.25) is 0 Å². The zero-order chi connectivity index (χ0) is 21.6. The maximum absolute atomic E-state index is 13.8. The highest BCUT2D eigenvalue weighted by Gasteiger charge is 2.49. The summed E-state index contributed by atoms with van der Waals surface area (Å²) in [5.41, 5.74) is 4.44. The van der Waals surface area contributed by atoms with Crippen molar-refractivity contribution in [3.63, 3.8) is 0 Å². The number of aryl methyl sites for hydroxylation is 2. The number of fused-ring (bicyclic) bond motifs is 2. The Morgan fingerprint density at radius 3 is 2.81 bits per heavy atom. The molecule has 6 nitrogen and oxygen atoms in total. The minimum Gasteiger partial charge on any atom is -0.465 e. The summed E-state index contributed by atoms with van der Waals surface area (Å²) in [6.45, 7) is 3.65. The molecule has 2 heterocycles. The average Bonchev–Trinajstić information content (AvgIpc) is 3.31. The van der Waals surface area contributed by atoms with Crippen molar-refractivity contribution in [2.45, 2.75) is 45.6 Å². The molecule has 1 aliphatic heterocycles. The van der Waals surface area contributed by atoms with Crippen molar-refractivity contribution in [2.24, 2.45) is 5.41 Å². The molecule has 0 unspecified atom stereocenters. The molecule has 6 heteroatoms. The van der Waals surface area contributed by atoms with E-state index in [4.69, 9.17) is 9.72 Å². The van der Waals surface area contributed by atoms with Crippen LogP contribution in [-0.4, -0.2) is 35.1 Å². The molecule has 1 saturated heterocycles. The number of methoxy groups -OCH3 is 1. The normalized spacial score (nSPS) is 20.5. The van der Waals surface area contributed by atoms with E-state index in [9.17, 15) is 9.59 Å². The number of ether oxygens (including phenoxy) is 1.